The molecular weight excluding hydrogens is 104 g/mol. The molecule has 0 saturated carbocycles. The predicted octanol–water partition coefficient (Wildman–Crippen LogP) is 0.725. The third-order valence-electron chi connectivity index (χ3n) is 0.834. The first kappa shape index (κ1) is 4.90. The highest BCUT2D eigenvalue weighted by atomic mass is 16.3. The van der Waals surface area contributed by atoms with E-state index < -0.39 is 0 Å². The molecule has 8 heavy (non-hydrogen) atoms. The molecular formula is C5H7N2O+. The Morgan fingerprint density at radius 3 is 2.50 bits per heavy atom. The molecule has 4 N–H and O–H groups in total. The second kappa shape index (κ2) is 1.69. The van der Waals surface area contributed by atoms with Gasteiger partial charge in [0.05, 0.1) is 0 Å². The Labute approximate surface area is 46.9 Å². The summed E-state index contributed by atoms with van der Waals surface area (Å²) in [7, 11) is 0. The lowest BCUT2D eigenvalue weighted by Crippen LogP contribution is -1.91. The van der Waals surface area contributed by atoms with Crippen molar-refractivity contribution in [3.8, 4) is 0 Å². The Balaban J connectivity index is 3.13. The lowest BCUT2D eigenvalue weighted by Gasteiger charge is -1.81. The molecule has 0 radical (unpaired) electrons. The number of nitrogen functional groups attached to an aromatic ring is 2. The van der Waals surface area contributed by atoms with Crippen LogP contribution in [0.4, 0.5) is 11.6 Å². The molecule has 0 spiro atoms. The summed E-state index contributed by atoms with van der Waals surface area (Å²) in [6.07, 6.45) is 1.48. The van der Waals surface area contributed by atoms with Gasteiger partial charge in [-0.3, -0.25) is 0 Å². The third-order valence-corrected chi connectivity index (χ3v) is 0.834. The SMILES string of the molecule is Nc1ccc[o+]c1N. The standard InChI is InChI=1S/C5H7N2O/c6-4-2-1-3-8-5(4)7/h1-3H,6-7H2/q+1. The second-order valence-electron chi connectivity index (χ2n) is 1.43. The van der Waals surface area contributed by atoms with Crippen LogP contribution in [-0.4, -0.2) is 0 Å². The third kappa shape index (κ3) is 0.703. The van der Waals surface area contributed by atoms with Gasteiger partial charge < -0.3 is 11.5 Å². The van der Waals surface area contributed by atoms with E-state index in [1.165, 1.54) is 6.26 Å². The van der Waals surface area contributed by atoms with Crippen molar-refractivity contribution < 1.29 is 4.42 Å². The van der Waals surface area contributed by atoms with Gasteiger partial charge in [0, 0.05) is 6.07 Å². The number of anilines is 2. The van der Waals surface area contributed by atoms with Crippen LogP contribution in [0.5, 0.6) is 0 Å². The fourth-order valence-electron chi connectivity index (χ4n) is 0.406. The lowest BCUT2D eigenvalue weighted by molar-refractivity contribution is 0.574. The first-order valence-corrected chi connectivity index (χ1v) is 2.22. The zero-order chi connectivity index (χ0) is 5.98. The minimum atomic E-state index is 0.271. The zero-order valence-electron chi connectivity index (χ0n) is 4.29. The molecule has 1 rings (SSSR count). The van der Waals surface area contributed by atoms with Crippen molar-refractivity contribution in [3.05, 3.63) is 18.4 Å². The van der Waals surface area contributed by atoms with Crippen molar-refractivity contribution in [3.63, 3.8) is 0 Å². The predicted molar refractivity (Wildman–Crippen MR) is 31.9 cm³/mol. The van der Waals surface area contributed by atoms with E-state index in [-0.39, 0.29) is 5.88 Å². The highest BCUT2D eigenvalue weighted by molar-refractivity contribution is 5.54. The van der Waals surface area contributed by atoms with E-state index in [0.717, 1.165) is 0 Å². The van der Waals surface area contributed by atoms with Gasteiger partial charge in [-0.2, -0.15) is 4.42 Å². The molecule has 3 nitrogen and oxygen atoms in total. The normalized spacial score (nSPS) is 9.00. The van der Waals surface area contributed by atoms with Crippen molar-refractivity contribution in [1.82, 2.24) is 0 Å². The van der Waals surface area contributed by atoms with Crippen LogP contribution in [0, 0.1) is 0 Å². The monoisotopic (exact) mass is 111 g/mol. The van der Waals surface area contributed by atoms with Crippen LogP contribution in [-0.2, 0) is 0 Å². The molecule has 42 valence electrons. The summed E-state index contributed by atoms with van der Waals surface area (Å²) in [6.45, 7) is 0. The second-order valence-corrected chi connectivity index (χ2v) is 1.43. The molecule has 1 aromatic rings. The summed E-state index contributed by atoms with van der Waals surface area (Å²) in [5.74, 6) is 0.271. The molecule has 1 heterocycles. The van der Waals surface area contributed by atoms with E-state index in [1.54, 1.807) is 12.1 Å². The van der Waals surface area contributed by atoms with Crippen molar-refractivity contribution in [2.45, 2.75) is 0 Å². The van der Waals surface area contributed by atoms with Crippen molar-refractivity contribution >= 4 is 11.6 Å². The van der Waals surface area contributed by atoms with Crippen LogP contribution >= 0.6 is 0 Å². The van der Waals surface area contributed by atoms with Gasteiger partial charge in [0.15, 0.2) is 5.69 Å². The Hall–Kier alpha value is -1.25. The molecule has 0 atom stereocenters. The van der Waals surface area contributed by atoms with Crippen molar-refractivity contribution in [1.29, 1.82) is 0 Å². The van der Waals surface area contributed by atoms with Gasteiger partial charge in [0.1, 0.15) is 0 Å². The van der Waals surface area contributed by atoms with Gasteiger partial charge in [0.2, 0.25) is 0 Å². The maximum Gasteiger partial charge on any atom is 0.446 e. The number of hydrogen-bond acceptors (Lipinski definition) is 2. The highest BCUT2D eigenvalue weighted by Crippen LogP contribution is 2.10. The molecule has 3 heteroatoms. The van der Waals surface area contributed by atoms with E-state index >= 15 is 0 Å². The lowest BCUT2D eigenvalue weighted by atomic mass is 10.4. The average molecular weight is 111 g/mol. The van der Waals surface area contributed by atoms with E-state index in [4.69, 9.17) is 15.9 Å². The molecule has 1 aromatic heterocycles. The van der Waals surface area contributed by atoms with Crippen LogP contribution in [0.15, 0.2) is 22.8 Å². The van der Waals surface area contributed by atoms with Crippen LogP contribution in [0.1, 0.15) is 0 Å². The summed E-state index contributed by atoms with van der Waals surface area (Å²) in [5.41, 5.74) is 11.0. The Kier molecular flexibility index (Phi) is 1.04. The minimum absolute atomic E-state index is 0.271. The van der Waals surface area contributed by atoms with Crippen LogP contribution < -0.4 is 11.5 Å². The van der Waals surface area contributed by atoms with Crippen LogP contribution in [0.25, 0.3) is 0 Å². The quantitative estimate of drug-likeness (QED) is 0.485. The zero-order valence-corrected chi connectivity index (χ0v) is 4.29. The average Bonchev–Trinajstić information content (AvgIpc) is 1.77. The Morgan fingerprint density at radius 1 is 1.38 bits per heavy atom. The summed E-state index contributed by atoms with van der Waals surface area (Å²) < 4.78 is 4.71. The smallest absolute Gasteiger partial charge is 0.390 e. The topological polar surface area (TPSA) is 63.3 Å². The Morgan fingerprint density at radius 2 is 2.12 bits per heavy atom. The molecule has 0 bridgehead atoms. The first-order valence-electron chi connectivity index (χ1n) is 2.22. The largest absolute Gasteiger partial charge is 0.446 e. The van der Waals surface area contributed by atoms with Gasteiger partial charge in [-0.1, -0.05) is 0 Å². The maximum absolute atomic E-state index is 5.30. The van der Waals surface area contributed by atoms with E-state index in [0.29, 0.717) is 5.69 Å². The van der Waals surface area contributed by atoms with Gasteiger partial charge in [-0.25, -0.2) is 0 Å². The summed E-state index contributed by atoms with van der Waals surface area (Å²) in [5, 5.41) is 0. The van der Waals surface area contributed by atoms with Crippen molar-refractivity contribution in [2.24, 2.45) is 0 Å². The molecule has 0 aliphatic rings. The van der Waals surface area contributed by atoms with Crippen molar-refractivity contribution in [2.75, 3.05) is 11.5 Å². The fraction of sp³-hybridized carbons (Fsp3) is 0. The van der Waals surface area contributed by atoms with Crippen LogP contribution in [0.2, 0.25) is 0 Å². The van der Waals surface area contributed by atoms with Crippen LogP contribution in [0.3, 0.4) is 0 Å². The molecule has 0 aliphatic heterocycles. The van der Waals surface area contributed by atoms with E-state index in [9.17, 15) is 0 Å². The molecule has 0 aromatic carbocycles. The maximum atomic E-state index is 5.30. The van der Waals surface area contributed by atoms with E-state index in [2.05, 4.69) is 0 Å². The number of rotatable bonds is 0. The molecule has 0 saturated heterocycles. The van der Waals surface area contributed by atoms with Gasteiger partial charge in [-0.15, -0.1) is 0 Å². The number of hydrogen-bond donors (Lipinski definition) is 2. The molecule has 0 amide bonds. The summed E-state index contributed by atoms with van der Waals surface area (Å²) in [6, 6.07) is 3.37. The summed E-state index contributed by atoms with van der Waals surface area (Å²) in [4.78, 5) is 0. The van der Waals surface area contributed by atoms with Gasteiger partial charge >= 0.3 is 12.1 Å². The highest BCUT2D eigenvalue weighted by Gasteiger charge is 2.01. The van der Waals surface area contributed by atoms with E-state index in [1.807, 2.05) is 0 Å². The fourth-order valence-corrected chi connectivity index (χ4v) is 0.406. The summed E-state index contributed by atoms with van der Waals surface area (Å²) >= 11 is 0. The van der Waals surface area contributed by atoms with Gasteiger partial charge in [0.25, 0.3) is 0 Å². The molecule has 0 fully saturated rings. The molecule has 0 aliphatic carbocycles. The first-order chi connectivity index (χ1) is 3.80. The Bertz CT molecular complexity index is 167. The molecule has 0 unspecified atom stereocenters. The minimum Gasteiger partial charge on any atom is -0.390 e. The van der Waals surface area contributed by atoms with Gasteiger partial charge in [-0.05, 0) is 6.07 Å². The number of nitrogens with two attached hydrogens (primary N) is 2.